The standard InChI is InChI=1S/C29H28FN3O4S.C20H24N2O2.C9H5BrFNO2S/c1-15-5-3-4-6-20(15)24-21(27(37-32-24)16-7-8-16)14-36-26-18-9-19(26)13-33(12-18)29-31-25-22(30)10-17(28(34)35-2)11-23(25)38-29;1-12-4-2-3-5-16(12)18-17(20(24-22-18)13-6-7-13)11-23-19-14-8-15(19)10-21-9-14;1-14-8(13)4-2-5(11)7-6(3-4)15-9(10)12-7/h3-6,10-11,16,18-19,26H,7-9,12-14H2,1-2H3;2-5,13-15,19,21H,6-11H2,1H3;2-3H,1H3. The molecule has 3 aliphatic heterocycles. The molecular formula is C58H57BrF2N6O8S2. The second-order valence-corrected chi connectivity index (χ2v) is 24.4. The van der Waals surface area contributed by atoms with Crippen molar-refractivity contribution < 1.29 is 46.4 Å². The Kier molecular flexibility index (Phi) is 14.6. The van der Waals surface area contributed by atoms with Gasteiger partial charge in [-0.25, -0.2) is 28.3 Å². The Morgan fingerprint density at radius 1 is 0.675 bits per heavy atom. The second kappa shape index (κ2) is 21.7. The highest BCUT2D eigenvalue weighted by Crippen LogP contribution is 2.49. The van der Waals surface area contributed by atoms with Crippen LogP contribution in [0.1, 0.15) is 105 Å². The van der Waals surface area contributed by atoms with Crippen LogP contribution in [0, 0.1) is 49.2 Å². The van der Waals surface area contributed by atoms with Crippen LogP contribution < -0.4 is 10.2 Å². The lowest BCUT2D eigenvalue weighted by atomic mass is 9.68. The number of nitrogens with zero attached hydrogens (tertiary/aromatic N) is 5. The van der Waals surface area contributed by atoms with Gasteiger partial charge in [0.15, 0.2) is 20.7 Å². The van der Waals surface area contributed by atoms with E-state index >= 15 is 0 Å². The second-order valence-electron chi connectivity index (χ2n) is 21.1. The van der Waals surface area contributed by atoms with E-state index in [2.05, 4.69) is 101 Å². The first-order chi connectivity index (χ1) is 37.4. The van der Waals surface area contributed by atoms with Crippen LogP contribution in [0.25, 0.3) is 42.9 Å². The van der Waals surface area contributed by atoms with Crippen molar-refractivity contribution in [1.29, 1.82) is 0 Å². The zero-order valence-corrected chi connectivity index (χ0v) is 46.2. The number of aryl methyl sites for hydroxylation is 2. The summed E-state index contributed by atoms with van der Waals surface area (Å²) >= 11 is 5.84. The van der Waals surface area contributed by atoms with E-state index < -0.39 is 23.6 Å². The van der Waals surface area contributed by atoms with Crippen molar-refractivity contribution in [2.24, 2.45) is 23.7 Å². The molecule has 15 rings (SSSR count). The fraction of sp³-hybridized carbons (Fsp3) is 0.414. The highest BCUT2D eigenvalue weighted by atomic mass is 79.9. The number of fused-ring (bicyclic) bond motifs is 6. The van der Waals surface area contributed by atoms with Crippen molar-refractivity contribution in [2.45, 2.75) is 89.6 Å². The van der Waals surface area contributed by atoms with E-state index in [-0.39, 0.29) is 22.7 Å². The van der Waals surface area contributed by atoms with Crippen molar-refractivity contribution in [3.05, 3.63) is 133 Å². The number of anilines is 1. The lowest BCUT2D eigenvalue weighted by Gasteiger charge is -2.53. The number of benzene rings is 4. The topological polar surface area (TPSA) is 164 Å². The SMILES string of the molecule is COC(=O)c1cc(F)c2nc(Br)sc2c1.COC(=O)c1cc(F)c2nc(N3CC4CC(C3)C4OCc3c(-c4ccccc4C)noc3C3CC3)sc2c1.Cc1ccccc1-c1noc(C2CC2)c1COC1C2CNCC1C2. The number of piperidine rings is 4. The number of carbonyl (C=O) groups excluding carboxylic acids is 2. The van der Waals surface area contributed by atoms with Crippen molar-refractivity contribution >= 4 is 76.1 Å². The number of hydrogen-bond acceptors (Lipinski definition) is 16. The monoisotopic (exact) mass is 1150 g/mol. The Hall–Kier alpha value is -5.96. The first kappa shape index (κ1) is 51.8. The van der Waals surface area contributed by atoms with Gasteiger partial charge in [0.25, 0.3) is 0 Å². The molecule has 1 N–H and O–H groups in total. The summed E-state index contributed by atoms with van der Waals surface area (Å²) in [5.74, 6) is 3.09. The molecule has 0 radical (unpaired) electrons. The maximum atomic E-state index is 14.7. The van der Waals surface area contributed by atoms with Crippen LogP contribution in [0.3, 0.4) is 0 Å². The number of carbonyl (C=O) groups is 2. The van der Waals surface area contributed by atoms with Gasteiger partial charge in [-0.1, -0.05) is 70.2 Å². The molecule has 4 bridgehead atoms. The van der Waals surface area contributed by atoms with Gasteiger partial charge in [-0.3, -0.25) is 0 Å². The molecule has 0 amide bonds. The highest BCUT2D eigenvalue weighted by molar-refractivity contribution is 9.11. The zero-order chi connectivity index (χ0) is 53.1. The Bertz CT molecular complexity index is 3490. The number of ether oxygens (including phenoxy) is 4. The molecule has 77 heavy (non-hydrogen) atoms. The molecule has 4 atom stereocenters. The largest absolute Gasteiger partial charge is 0.465 e. The number of thiazole rings is 2. The Morgan fingerprint density at radius 2 is 1.14 bits per heavy atom. The van der Waals surface area contributed by atoms with E-state index in [0.29, 0.717) is 73.7 Å². The van der Waals surface area contributed by atoms with E-state index in [0.717, 1.165) is 90.7 Å². The van der Waals surface area contributed by atoms with Gasteiger partial charge in [-0.05, 0) is 116 Å². The third-order valence-corrected chi connectivity index (χ3v) is 18.5. The summed E-state index contributed by atoms with van der Waals surface area (Å²) in [5, 5.41) is 13.2. The number of esters is 2. The van der Waals surface area contributed by atoms with Crippen LogP contribution in [-0.2, 0) is 32.2 Å². The summed E-state index contributed by atoms with van der Waals surface area (Å²) in [6, 6.07) is 22.2. The van der Waals surface area contributed by atoms with Gasteiger partial charge in [0.1, 0.15) is 33.9 Å². The molecule has 4 aromatic heterocycles. The van der Waals surface area contributed by atoms with E-state index in [1.807, 2.05) is 12.1 Å². The number of nitrogens with one attached hydrogen (secondary N) is 1. The average molecular weight is 1150 g/mol. The number of halogens is 3. The number of aromatic nitrogens is 4. The first-order valence-corrected chi connectivity index (χ1v) is 28.7. The molecule has 4 aromatic carbocycles. The smallest absolute Gasteiger partial charge is 0.338 e. The summed E-state index contributed by atoms with van der Waals surface area (Å²) < 4.78 is 63.8. The van der Waals surface area contributed by atoms with Crippen LogP contribution in [0.2, 0.25) is 0 Å². The van der Waals surface area contributed by atoms with Crippen molar-refractivity contribution in [2.75, 3.05) is 45.3 Å². The minimum atomic E-state index is -0.555. The van der Waals surface area contributed by atoms with Gasteiger partial charge in [-0.15, -0.1) is 11.3 Å². The van der Waals surface area contributed by atoms with Crippen LogP contribution in [0.4, 0.5) is 13.9 Å². The van der Waals surface area contributed by atoms with Crippen LogP contribution in [-0.4, -0.2) is 84.8 Å². The third-order valence-electron chi connectivity index (χ3n) is 15.9. The van der Waals surface area contributed by atoms with Gasteiger partial charge in [0, 0.05) is 72.1 Å². The Labute approximate surface area is 459 Å². The summed E-state index contributed by atoms with van der Waals surface area (Å²) in [4.78, 5) is 33.8. The predicted molar refractivity (Wildman–Crippen MR) is 292 cm³/mol. The molecule has 400 valence electrons. The van der Waals surface area contributed by atoms with E-state index in [9.17, 15) is 18.4 Å². The number of methoxy groups -OCH3 is 2. The van der Waals surface area contributed by atoms with E-state index in [4.69, 9.17) is 23.3 Å². The molecule has 4 saturated carbocycles. The minimum absolute atomic E-state index is 0.176. The van der Waals surface area contributed by atoms with Crippen LogP contribution in [0.5, 0.6) is 0 Å². The molecular weight excluding hydrogens is 1090 g/mol. The lowest BCUT2D eigenvalue weighted by molar-refractivity contribution is -0.118. The molecule has 14 nitrogen and oxygen atoms in total. The summed E-state index contributed by atoms with van der Waals surface area (Å²) in [7, 11) is 2.55. The van der Waals surface area contributed by atoms with Crippen molar-refractivity contribution in [3.8, 4) is 22.5 Å². The van der Waals surface area contributed by atoms with Gasteiger partial charge >= 0.3 is 11.9 Å². The van der Waals surface area contributed by atoms with Gasteiger partial charge in [0.2, 0.25) is 0 Å². The maximum Gasteiger partial charge on any atom is 0.338 e. The Balaban J connectivity index is 0.000000130. The molecule has 4 aliphatic carbocycles. The van der Waals surface area contributed by atoms with Gasteiger partial charge < -0.3 is 38.2 Å². The normalized spacial score (nSPS) is 22.1. The highest BCUT2D eigenvalue weighted by Gasteiger charge is 2.49. The molecule has 4 unspecified atom stereocenters. The van der Waals surface area contributed by atoms with Crippen LogP contribution in [0.15, 0.2) is 85.8 Å². The lowest BCUT2D eigenvalue weighted by Crippen LogP contribution is -2.59. The fourth-order valence-corrected chi connectivity index (χ4v) is 14.0. The first-order valence-electron chi connectivity index (χ1n) is 26.2. The maximum absolute atomic E-state index is 14.7. The number of hydrogen-bond donors (Lipinski definition) is 1. The summed E-state index contributed by atoms with van der Waals surface area (Å²) in [6.07, 6.45) is 7.75. The molecule has 7 fully saturated rings. The third kappa shape index (κ3) is 10.5. The fourth-order valence-electron chi connectivity index (χ4n) is 11.5. The van der Waals surface area contributed by atoms with Crippen LogP contribution >= 0.6 is 38.6 Å². The summed E-state index contributed by atoms with van der Waals surface area (Å²) in [5.41, 5.74) is 9.79. The van der Waals surface area contributed by atoms with E-state index in [1.165, 1.54) is 84.5 Å². The van der Waals surface area contributed by atoms with Crippen molar-refractivity contribution in [3.63, 3.8) is 0 Å². The predicted octanol–water partition coefficient (Wildman–Crippen LogP) is 12.7. The van der Waals surface area contributed by atoms with Gasteiger partial charge in [0.05, 0.1) is 60.2 Å². The molecule has 3 saturated heterocycles. The molecule has 7 heterocycles. The zero-order valence-electron chi connectivity index (χ0n) is 43.0. The minimum Gasteiger partial charge on any atom is -0.465 e. The molecule has 0 spiro atoms. The average Bonchev–Trinajstić information content (AvgIpc) is 4.33. The van der Waals surface area contributed by atoms with E-state index in [1.54, 1.807) is 12.1 Å². The summed E-state index contributed by atoms with van der Waals surface area (Å²) in [6.45, 7) is 9.20. The molecule has 8 aromatic rings. The Morgan fingerprint density at radius 3 is 1.62 bits per heavy atom. The molecule has 19 heteroatoms. The quantitative estimate of drug-likeness (QED) is 0.108. The van der Waals surface area contributed by atoms with Crippen molar-refractivity contribution in [1.82, 2.24) is 25.6 Å². The van der Waals surface area contributed by atoms with Gasteiger partial charge in [-0.2, -0.15) is 0 Å². The number of rotatable bonds is 13. The molecule has 7 aliphatic rings.